The van der Waals surface area contributed by atoms with Crippen molar-refractivity contribution in [3.05, 3.63) is 53.6 Å². The summed E-state index contributed by atoms with van der Waals surface area (Å²) in [6.07, 6.45) is 3.83. The predicted molar refractivity (Wildman–Crippen MR) is 130 cm³/mol. The zero-order chi connectivity index (χ0) is 24.1. The second kappa shape index (κ2) is 10.8. The summed E-state index contributed by atoms with van der Waals surface area (Å²) in [4.78, 5) is 30.4. The normalized spacial score (nSPS) is 19.4. The Hall–Kier alpha value is -3.22. The zero-order valence-corrected chi connectivity index (χ0v) is 20.3. The summed E-state index contributed by atoms with van der Waals surface area (Å²) >= 11 is 0. The van der Waals surface area contributed by atoms with Crippen LogP contribution in [-0.2, 0) is 0 Å². The Bertz CT molecular complexity index is 1020. The minimum Gasteiger partial charge on any atom is -0.491 e. The minimum atomic E-state index is -0.151. The largest absolute Gasteiger partial charge is 0.491 e. The van der Waals surface area contributed by atoms with Gasteiger partial charge in [-0.15, -0.1) is 0 Å². The first-order chi connectivity index (χ1) is 16.5. The van der Waals surface area contributed by atoms with Gasteiger partial charge in [-0.2, -0.15) is 0 Å². The van der Waals surface area contributed by atoms with Crippen molar-refractivity contribution in [3.8, 4) is 17.2 Å². The minimum absolute atomic E-state index is 0.0398. The summed E-state index contributed by atoms with van der Waals surface area (Å²) in [6.45, 7) is 6.02. The van der Waals surface area contributed by atoms with Crippen LogP contribution in [0.25, 0.3) is 0 Å². The second-order valence-corrected chi connectivity index (χ2v) is 9.33. The van der Waals surface area contributed by atoms with Gasteiger partial charge in [0, 0.05) is 25.7 Å². The molecule has 0 saturated carbocycles. The van der Waals surface area contributed by atoms with Crippen LogP contribution >= 0.6 is 0 Å². The molecule has 0 bridgehead atoms. The number of benzene rings is 2. The lowest BCUT2D eigenvalue weighted by molar-refractivity contribution is 0.0522. The Labute approximate surface area is 201 Å². The van der Waals surface area contributed by atoms with Gasteiger partial charge in [-0.3, -0.25) is 9.59 Å². The van der Waals surface area contributed by atoms with E-state index in [1.165, 1.54) is 0 Å². The van der Waals surface area contributed by atoms with Crippen LogP contribution in [-0.4, -0.2) is 61.2 Å². The van der Waals surface area contributed by atoms with E-state index < -0.39 is 0 Å². The van der Waals surface area contributed by atoms with Crippen molar-refractivity contribution in [1.82, 2.24) is 9.80 Å². The van der Waals surface area contributed by atoms with Crippen LogP contribution in [0.2, 0.25) is 0 Å². The monoisotopic (exact) mass is 466 g/mol. The lowest BCUT2D eigenvalue weighted by Gasteiger charge is -2.35. The van der Waals surface area contributed by atoms with E-state index in [1.54, 1.807) is 29.2 Å². The SMILES string of the molecule is CC(C)[C@H]1COc2ccccc2C(=O)N(C)CCCCCCN1C(=O)c1ccc2c(c1)OCO2. The van der Waals surface area contributed by atoms with Gasteiger partial charge in [0.1, 0.15) is 12.4 Å². The average Bonchev–Trinajstić information content (AvgIpc) is 3.31. The summed E-state index contributed by atoms with van der Waals surface area (Å²) in [7, 11) is 1.84. The highest BCUT2D eigenvalue weighted by molar-refractivity contribution is 5.97. The molecular formula is C27H34N2O5. The maximum Gasteiger partial charge on any atom is 0.257 e. The Kier molecular flexibility index (Phi) is 7.60. The fraction of sp³-hybridized carbons (Fsp3) is 0.481. The highest BCUT2D eigenvalue weighted by Crippen LogP contribution is 2.33. The Morgan fingerprint density at radius 1 is 0.912 bits per heavy atom. The second-order valence-electron chi connectivity index (χ2n) is 9.33. The van der Waals surface area contributed by atoms with E-state index in [9.17, 15) is 9.59 Å². The van der Waals surface area contributed by atoms with Gasteiger partial charge in [0.05, 0.1) is 11.6 Å². The summed E-state index contributed by atoms with van der Waals surface area (Å²) in [6, 6.07) is 12.6. The molecule has 2 aliphatic heterocycles. The van der Waals surface area contributed by atoms with Gasteiger partial charge in [0.15, 0.2) is 11.5 Å². The Morgan fingerprint density at radius 3 is 2.44 bits per heavy atom. The zero-order valence-electron chi connectivity index (χ0n) is 20.3. The molecule has 1 atom stereocenters. The third-order valence-corrected chi connectivity index (χ3v) is 6.57. The lowest BCUT2D eigenvalue weighted by atomic mass is 10.0. The average molecular weight is 467 g/mol. The molecule has 7 nitrogen and oxygen atoms in total. The first-order valence-corrected chi connectivity index (χ1v) is 12.1. The summed E-state index contributed by atoms with van der Waals surface area (Å²) in [5, 5.41) is 0. The van der Waals surface area contributed by atoms with E-state index in [0.29, 0.717) is 48.1 Å². The fourth-order valence-electron chi connectivity index (χ4n) is 4.49. The van der Waals surface area contributed by atoms with Gasteiger partial charge in [0.2, 0.25) is 6.79 Å². The van der Waals surface area contributed by atoms with Gasteiger partial charge in [-0.05, 0) is 49.1 Å². The highest BCUT2D eigenvalue weighted by atomic mass is 16.7. The first-order valence-electron chi connectivity index (χ1n) is 12.1. The van der Waals surface area contributed by atoms with Crippen molar-refractivity contribution in [2.24, 2.45) is 5.92 Å². The van der Waals surface area contributed by atoms with Crippen LogP contribution in [0.15, 0.2) is 42.5 Å². The predicted octanol–water partition coefficient (Wildman–Crippen LogP) is 4.61. The number of carbonyl (C=O) groups excluding carboxylic acids is 2. The first kappa shape index (κ1) is 23.9. The number of amides is 2. The van der Waals surface area contributed by atoms with Crippen LogP contribution in [0.4, 0.5) is 0 Å². The smallest absolute Gasteiger partial charge is 0.257 e. The molecule has 0 spiro atoms. The molecule has 0 unspecified atom stereocenters. The van der Waals surface area contributed by atoms with Crippen LogP contribution in [0.1, 0.15) is 60.2 Å². The maximum absolute atomic E-state index is 13.7. The third kappa shape index (κ3) is 5.29. The molecule has 34 heavy (non-hydrogen) atoms. The number of rotatable bonds is 2. The molecule has 0 fully saturated rings. The number of carbonyl (C=O) groups is 2. The number of ether oxygens (including phenoxy) is 3. The van der Waals surface area contributed by atoms with Crippen molar-refractivity contribution in [3.63, 3.8) is 0 Å². The molecule has 0 aliphatic carbocycles. The number of hydrogen-bond donors (Lipinski definition) is 0. The molecular weight excluding hydrogens is 432 g/mol. The standard InChI is InChI=1S/C27H34N2O5/c1-19(2)22-17-32-23-11-7-6-10-21(23)27(31)28(3)14-8-4-5-9-15-29(22)26(30)20-12-13-24-25(16-20)34-18-33-24/h6-7,10-13,16,19,22H,4-5,8-9,14-15,17-18H2,1-3H3/t22-/m1/s1. The van der Waals surface area contributed by atoms with Gasteiger partial charge in [0.25, 0.3) is 11.8 Å². The van der Waals surface area contributed by atoms with Gasteiger partial charge in [-0.25, -0.2) is 0 Å². The van der Waals surface area contributed by atoms with Gasteiger partial charge >= 0.3 is 0 Å². The molecule has 2 aromatic rings. The highest BCUT2D eigenvalue weighted by Gasteiger charge is 2.29. The molecule has 2 aromatic carbocycles. The van der Waals surface area contributed by atoms with Crippen molar-refractivity contribution >= 4 is 11.8 Å². The van der Waals surface area contributed by atoms with E-state index in [0.717, 1.165) is 25.7 Å². The van der Waals surface area contributed by atoms with E-state index in [-0.39, 0.29) is 30.6 Å². The Balaban J connectivity index is 1.62. The van der Waals surface area contributed by atoms with Crippen LogP contribution in [0.3, 0.4) is 0 Å². The molecule has 0 N–H and O–H groups in total. The molecule has 4 rings (SSSR count). The number of nitrogens with zero attached hydrogens (tertiary/aromatic N) is 2. The van der Waals surface area contributed by atoms with Crippen molar-refractivity contribution in [2.45, 2.75) is 45.6 Å². The van der Waals surface area contributed by atoms with Gasteiger partial charge < -0.3 is 24.0 Å². The molecule has 0 aromatic heterocycles. The summed E-state index contributed by atoms with van der Waals surface area (Å²) in [5.41, 5.74) is 1.13. The topological polar surface area (TPSA) is 68.3 Å². The molecule has 0 saturated heterocycles. The molecule has 0 radical (unpaired) electrons. The van der Waals surface area contributed by atoms with Crippen molar-refractivity contribution in [2.75, 3.05) is 33.5 Å². The third-order valence-electron chi connectivity index (χ3n) is 6.57. The van der Waals surface area contributed by atoms with Crippen molar-refractivity contribution < 1.29 is 23.8 Å². The molecule has 2 amide bonds. The number of para-hydroxylation sites is 1. The van der Waals surface area contributed by atoms with Crippen LogP contribution in [0.5, 0.6) is 17.2 Å². The quantitative estimate of drug-likeness (QED) is 0.647. The van der Waals surface area contributed by atoms with Crippen LogP contribution in [0, 0.1) is 5.92 Å². The molecule has 2 aliphatic rings. The molecule has 182 valence electrons. The van der Waals surface area contributed by atoms with E-state index in [4.69, 9.17) is 14.2 Å². The van der Waals surface area contributed by atoms with Crippen LogP contribution < -0.4 is 14.2 Å². The summed E-state index contributed by atoms with van der Waals surface area (Å²) < 4.78 is 17.1. The van der Waals surface area contributed by atoms with E-state index in [2.05, 4.69) is 13.8 Å². The molecule has 2 heterocycles. The number of fused-ring (bicyclic) bond motifs is 2. The number of hydrogen-bond acceptors (Lipinski definition) is 5. The van der Waals surface area contributed by atoms with Gasteiger partial charge in [-0.1, -0.05) is 38.8 Å². The van der Waals surface area contributed by atoms with Crippen molar-refractivity contribution in [1.29, 1.82) is 0 Å². The molecule has 7 heteroatoms. The maximum atomic E-state index is 13.7. The van der Waals surface area contributed by atoms with E-state index >= 15 is 0 Å². The van der Waals surface area contributed by atoms with E-state index in [1.807, 2.05) is 30.1 Å². The Morgan fingerprint density at radius 2 is 1.65 bits per heavy atom. The lowest BCUT2D eigenvalue weighted by Crippen LogP contribution is -2.47. The fourth-order valence-corrected chi connectivity index (χ4v) is 4.49. The summed E-state index contributed by atoms with van der Waals surface area (Å²) in [5.74, 6) is 1.89.